The first-order valence-electron chi connectivity index (χ1n) is 6.06. The number of hydrogen-bond acceptors (Lipinski definition) is 2. The summed E-state index contributed by atoms with van der Waals surface area (Å²) in [6.45, 7) is 3.60. The van der Waals surface area contributed by atoms with Gasteiger partial charge in [0, 0.05) is 32.7 Å². The van der Waals surface area contributed by atoms with Crippen LogP contribution in [0.2, 0.25) is 0 Å². The number of nitrogens with zero attached hydrogens (tertiary/aromatic N) is 3. The van der Waals surface area contributed by atoms with Crippen LogP contribution in [0.5, 0.6) is 0 Å². The second-order valence-corrected chi connectivity index (χ2v) is 5.13. The number of likely N-dealkylation sites (N-methyl/N-ethyl adjacent to an activating group) is 2. The molecule has 4 heteroatoms. The minimum atomic E-state index is 0.121. The first-order chi connectivity index (χ1) is 7.43. The molecule has 2 amide bonds. The fourth-order valence-electron chi connectivity index (χ4n) is 2.27. The maximum atomic E-state index is 11.9. The van der Waals surface area contributed by atoms with Crippen LogP contribution in [0.25, 0.3) is 0 Å². The summed E-state index contributed by atoms with van der Waals surface area (Å²) in [7, 11) is 7.97. The number of carbonyl (C=O) groups excluding carboxylic acids is 1. The lowest BCUT2D eigenvalue weighted by Crippen LogP contribution is -2.58. The zero-order valence-electron chi connectivity index (χ0n) is 11.3. The molecule has 0 bridgehead atoms. The fourth-order valence-corrected chi connectivity index (χ4v) is 2.27. The molecule has 0 aromatic rings. The van der Waals surface area contributed by atoms with E-state index in [2.05, 4.69) is 19.0 Å². The maximum Gasteiger partial charge on any atom is 0.319 e. The van der Waals surface area contributed by atoms with Crippen LogP contribution in [0, 0.1) is 0 Å². The van der Waals surface area contributed by atoms with Gasteiger partial charge in [-0.3, -0.25) is 0 Å². The smallest absolute Gasteiger partial charge is 0.319 e. The quantitative estimate of drug-likeness (QED) is 0.727. The summed E-state index contributed by atoms with van der Waals surface area (Å²) in [5, 5.41) is 0. The van der Waals surface area contributed by atoms with Crippen molar-refractivity contribution in [3.63, 3.8) is 0 Å². The van der Waals surface area contributed by atoms with Crippen molar-refractivity contribution in [3.05, 3.63) is 0 Å². The van der Waals surface area contributed by atoms with Gasteiger partial charge in [0.1, 0.15) is 0 Å². The molecule has 0 aromatic carbocycles. The molecule has 0 spiro atoms. The van der Waals surface area contributed by atoms with Crippen molar-refractivity contribution in [2.75, 3.05) is 41.3 Å². The van der Waals surface area contributed by atoms with Gasteiger partial charge in [-0.1, -0.05) is 0 Å². The minimum absolute atomic E-state index is 0.121. The zero-order chi connectivity index (χ0) is 12.3. The van der Waals surface area contributed by atoms with Gasteiger partial charge in [-0.15, -0.1) is 0 Å². The molecule has 0 unspecified atom stereocenters. The molecule has 0 saturated heterocycles. The molecule has 1 aliphatic rings. The van der Waals surface area contributed by atoms with Crippen molar-refractivity contribution in [2.45, 2.75) is 31.7 Å². The Hall–Kier alpha value is -0.770. The number of carbonyl (C=O) groups is 1. The normalized spacial score (nSPS) is 18.1. The van der Waals surface area contributed by atoms with Crippen molar-refractivity contribution >= 4 is 6.03 Å². The monoisotopic (exact) mass is 227 g/mol. The highest BCUT2D eigenvalue weighted by atomic mass is 16.2. The van der Waals surface area contributed by atoms with Crippen molar-refractivity contribution in [2.24, 2.45) is 0 Å². The van der Waals surface area contributed by atoms with Crippen molar-refractivity contribution in [3.8, 4) is 0 Å². The lowest BCUT2D eigenvalue weighted by Gasteiger charge is -2.49. The van der Waals surface area contributed by atoms with Crippen LogP contribution in [-0.2, 0) is 0 Å². The molecule has 1 aliphatic carbocycles. The Morgan fingerprint density at radius 3 is 2.00 bits per heavy atom. The van der Waals surface area contributed by atoms with Gasteiger partial charge in [0.25, 0.3) is 0 Å². The van der Waals surface area contributed by atoms with E-state index in [9.17, 15) is 4.79 Å². The predicted octanol–water partition coefficient (Wildman–Crippen LogP) is 1.47. The van der Waals surface area contributed by atoms with E-state index in [0.29, 0.717) is 0 Å². The van der Waals surface area contributed by atoms with Gasteiger partial charge in [-0.2, -0.15) is 0 Å². The van der Waals surface area contributed by atoms with Crippen molar-refractivity contribution in [1.82, 2.24) is 14.7 Å². The van der Waals surface area contributed by atoms with Gasteiger partial charge in [0.05, 0.1) is 0 Å². The molecule has 0 radical (unpaired) electrons. The van der Waals surface area contributed by atoms with E-state index in [1.54, 1.807) is 4.90 Å². The van der Waals surface area contributed by atoms with E-state index in [1.807, 2.05) is 25.9 Å². The van der Waals surface area contributed by atoms with E-state index in [4.69, 9.17) is 0 Å². The van der Waals surface area contributed by atoms with E-state index in [1.165, 1.54) is 19.3 Å². The number of rotatable bonds is 4. The van der Waals surface area contributed by atoms with Gasteiger partial charge in [-0.25, -0.2) is 4.79 Å². The second-order valence-electron chi connectivity index (χ2n) is 5.13. The molecular formula is C12H25N3O. The third-order valence-electron chi connectivity index (χ3n) is 3.89. The number of hydrogen-bond donors (Lipinski definition) is 0. The summed E-state index contributed by atoms with van der Waals surface area (Å²) in [6.07, 6.45) is 3.69. The Kier molecular flexibility index (Phi) is 4.19. The standard InChI is InChI=1S/C12H25N3O/c1-6-14(4)11(16)15(5)10-12(13(2)3)8-7-9-12/h6-10H2,1-5H3. The minimum Gasteiger partial charge on any atom is -0.328 e. The summed E-state index contributed by atoms with van der Waals surface area (Å²) in [6, 6.07) is 0.121. The average Bonchev–Trinajstić information content (AvgIpc) is 2.20. The van der Waals surface area contributed by atoms with Crippen LogP contribution in [-0.4, -0.2) is 67.5 Å². The Morgan fingerprint density at radius 2 is 1.69 bits per heavy atom. The SMILES string of the molecule is CCN(C)C(=O)N(C)CC1(N(C)C)CCC1. The molecule has 4 nitrogen and oxygen atoms in total. The molecule has 0 N–H and O–H groups in total. The highest BCUT2D eigenvalue weighted by Gasteiger charge is 2.40. The molecule has 1 fully saturated rings. The molecule has 0 heterocycles. The topological polar surface area (TPSA) is 26.8 Å². The van der Waals surface area contributed by atoms with Crippen LogP contribution in [0.3, 0.4) is 0 Å². The fraction of sp³-hybridized carbons (Fsp3) is 0.917. The molecule has 0 atom stereocenters. The molecule has 0 aliphatic heterocycles. The first kappa shape index (κ1) is 13.3. The van der Waals surface area contributed by atoms with Crippen LogP contribution in [0.1, 0.15) is 26.2 Å². The Labute approximate surface area is 99.2 Å². The van der Waals surface area contributed by atoms with Crippen LogP contribution < -0.4 is 0 Å². The van der Waals surface area contributed by atoms with Gasteiger partial charge in [0.2, 0.25) is 0 Å². The summed E-state index contributed by atoms with van der Waals surface area (Å²) in [4.78, 5) is 17.8. The lowest BCUT2D eigenvalue weighted by atomic mass is 9.75. The maximum absolute atomic E-state index is 11.9. The summed E-state index contributed by atoms with van der Waals surface area (Å²) < 4.78 is 0. The Bertz CT molecular complexity index is 249. The first-order valence-corrected chi connectivity index (χ1v) is 6.06. The highest BCUT2D eigenvalue weighted by molar-refractivity contribution is 5.73. The summed E-state index contributed by atoms with van der Waals surface area (Å²) in [5.41, 5.74) is 0.221. The molecule has 1 saturated carbocycles. The van der Waals surface area contributed by atoms with Crippen LogP contribution >= 0.6 is 0 Å². The van der Waals surface area contributed by atoms with Crippen molar-refractivity contribution < 1.29 is 4.79 Å². The largest absolute Gasteiger partial charge is 0.328 e. The van der Waals surface area contributed by atoms with Crippen molar-refractivity contribution in [1.29, 1.82) is 0 Å². The van der Waals surface area contributed by atoms with E-state index in [-0.39, 0.29) is 11.6 Å². The third-order valence-corrected chi connectivity index (χ3v) is 3.89. The molecule has 94 valence electrons. The average molecular weight is 227 g/mol. The molecular weight excluding hydrogens is 202 g/mol. The van der Waals surface area contributed by atoms with Gasteiger partial charge >= 0.3 is 6.03 Å². The van der Waals surface area contributed by atoms with E-state index in [0.717, 1.165) is 13.1 Å². The predicted molar refractivity (Wildman–Crippen MR) is 66.6 cm³/mol. The number of urea groups is 1. The third kappa shape index (κ3) is 2.48. The van der Waals surface area contributed by atoms with Crippen LogP contribution in [0.4, 0.5) is 4.79 Å². The Morgan fingerprint density at radius 1 is 1.12 bits per heavy atom. The highest BCUT2D eigenvalue weighted by Crippen LogP contribution is 2.36. The second kappa shape index (κ2) is 5.04. The number of amides is 2. The molecule has 16 heavy (non-hydrogen) atoms. The zero-order valence-corrected chi connectivity index (χ0v) is 11.3. The molecule has 0 aromatic heterocycles. The summed E-state index contributed by atoms with van der Waals surface area (Å²) in [5.74, 6) is 0. The summed E-state index contributed by atoms with van der Waals surface area (Å²) >= 11 is 0. The van der Waals surface area contributed by atoms with Gasteiger partial charge in [0.15, 0.2) is 0 Å². The van der Waals surface area contributed by atoms with Crippen LogP contribution in [0.15, 0.2) is 0 Å². The van der Waals surface area contributed by atoms with E-state index >= 15 is 0 Å². The van der Waals surface area contributed by atoms with E-state index < -0.39 is 0 Å². The Balaban J connectivity index is 2.56. The molecule has 1 rings (SSSR count). The lowest BCUT2D eigenvalue weighted by molar-refractivity contribution is 0.0327. The van der Waals surface area contributed by atoms with Gasteiger partial charge < -0.3 is 14.7 Å². The van der Waals surface area contributed by atoms with Gasteiger partial charge in [-0.05, 0) is 40.3 Å².